The summed E-state index contributed by atoms with van der Waals surface area (Å²) in [4.78, 5) is 22.3. The van der Waals surface area contributed by atoms with E-state index in [1.807, 2.05) is 0 Å². The number of allylic oxidation sites excluding steroid dienone is 1. The van der Waals surface area contributed by atoms with Crippen molar-refractivity contribution in [3.8, 4) is 0 Å². The summed E-state index contributed by atoms with van der Waals surface area (Å²) in [5, 5.41) is 2.81. The quantitative estimate of drug-likeness (QED) is 0.209. The smallest absolute Gasteiger partial charge is 0.243 e. The van der Waals surface area contributed by atoms with Crippen LogP contribution in [0.4, 0.5) is 0 Å². The van der Waals surface area contributed by atoms with Gasteiger partial charge in [0.05, 0.1) is 54.4 Å². The van der Waals surface area contributed by atoms with E-state index in [1.165, 1.54) is 12.2 Å². The van der Waals surface area contributed by atoms with Gasteiger partial charge >= 0.3 is 0 Å². The molecule has 1 N–H and O–H groups in total. The van der Waals surface area contributed by atoms with Crippen LogP contribution < -0.4 is 5.32 Å². The van der Waals surface area contributed by atoms with Crippen molar-refractivity contribution in [3.05, 3.63) is 37.5 Å². The summed E-state index contributed by atoms with van der Waals surface area (Å²) in [7, 11) is 8.86. The van der Waals surface area contributed by atoms with Gasteiger partial charge in [0.2, 0.25) is 5.91 Å². The van der Waals surface area contributed by atoms with Crippen LogP contribution in [0.5, 0.6) is 0 Å². The number of quaternary nitrogens is 2. The lowest BCUT2D eigenvalue weighted by Crippen LogP contribution is -2.42. The van der Waals surface area contributed by atoms with Gasteiger partial charge in [0.25, 0.3) is 0 Å². The molecule has 0 heterocycles. The molecule has 0 aliphatic carbocycles. The molecular weight excluding hydrogens is 326 g/mol. The summed E-state index contributed by atoms with van der Waals surface area (Å²) in [5.41, 5.74) is 0. The Balaban J connectivity index is 4.02. The molecule has 0 aromatic rings. The molecular formula is C21H39N3O2+2. The first-order chi connectivity index (χ1) is 12.1. The fourth-order valence-electron chi connectivity index (χ4n) is 2.63. The number of amides is 1. The number of nitrogens with one attached hydrogen (secondary N) is 1. The van der Waals surface area contributed by atoms with E-state index in [4.69, 9.17) is 0 Å². The highest BCUT2D eigenvalue weighted by atomic mass is 16.1. The zero-order valence-electron chi connectivity index (χ0n) is 17.3. The predicted octanol–water partition coefficient (Wildman–Crippen LogP) is 2.31. The number of hydrogen-bond acceptors (Lipinski definition) is 2. The number of carbonyl (C=O) groups is 2. The Morgan fingerprint density at radius 2 is 1.38 bits per heavy atom. The standard InChI is InChI=1S/C21H38N3O2/c1-7-20(25)14-9-10-16-23(3,4)17-11-12-18-24(5,6)19-13-15-22-21(26)8-2/h7-8,11-12H,1-2,9-10,13-19H2,3-6H3/q+1/p+1/b12-11+. The molecule has 0 saturated heterocycles. The topological polar surface area (TPSA) is 46.2 Å². The highest BCUT2D eigenvalue weighted by molar-refractivity contribution is 5.88. The van der Waals surface area contributed by atoms with Crippen molar-refractivity contribution in [1.29, 1.82) is 0 Å². The maximum absolute atomic E-state index is 11.2. The van der Waals surface area contributed by atoms with Crippen LogP contribution in [0.2, 0.25) is 0 Å². The molecule has 1 amide bonds. The van der Waals surface area contributed by atoms with Gasteiger partial charge in [-0.25, -0.2) is 0 Å². The van der Waals surface area contributed by atoms with E-state index in [-0.39, 0.29) is 11.7 Å². The summed E-state index contributed by atoms with van der Waals surface area (Å²) >= 11 is 0. The van der Waals surface area contributed by atoms with Crippen molar-refractivity contribution in [3.63, 3.8) is 0 Å². The molecule has 0 saturated carbocycles. The van der Waals surface area contributed by atoms with Gasteiger partial charge in [-0.3, -0.25) is 9.59 Å². The number of nitrogens with zero attached hydrogens (tertiary/aromatic N) is 2. The third-order valence-corrected chi connectivity index (χ3v) is 4.46. The van der Waals surface area contributed by atoms with Gasteiger partial charge in [0.15, 0.2) is 5.78 Å². The Kier molecular flexibility index (Phi) is 11.8. The zero-order valence-corrected chi connectivity index (χ0v) is 17.3. The van der Waals surface area contributed by atoms with Gasteiger partial charge in [-0.05, 0) is 37.1 Å². The van der Waals surface area contributed by atoms with E-state index < -0.39 is 0 Å². The molecule has 26 heavy (non-hydrogen) atoms. The molecule has 0 fully saturated rings. The molecule has 0 aliphatic heterocycles. The molecule has 5 heteroatoms. The number of ketones is 1. The zero-order chi connectivity index (χ0) is 20.1. The van der Waals surface area contributed by atoms with E-state index in [2.05, 4.69) is 58.8 Å². The third-order valence-electron chi connectivity index (χ3n) is 4.46. The van der Waals surface area contributed by atoms with Crippen LogP contribution in [0.1, 0.15) is 25.7 Å². The van der Waals surface area contributed by atoms with Gasteiger partial charge in [-0.2, -0.15) is 0 Å². The summed E-state index contributed by atoms with van der Waals surface area (Å²) in [5.74, 6) is 0.0309. The lowest BCUT2D eigenvalue weighted by Gasteiger charge is -2.30. The molecule has 0 bridgehead atoms. The number of unbranched alkanes of at least 4 members (excludes halogenated alkanes) is 1. The SMILES string of the molecule is C=CC(=O)CCCC[N+](C)(C)C/C=C/C[N+](C)(C)CCCNC(=O)C=C. The van der Waals surface area contributed by atoms with Crippen molar-refractivity contribution in [2.24, 2.45) is 0 Å². The second-order valence-corrected chi connectivity index (χ2v) is 8.13. The number of hydrogen-bond donors (Lipinski definition) is 1. The highest BCUT2D eigenvalue weighted by Gasteiger charge is 2.14. The Labute approximate surface area is 160 Å². The summed E-state index contributed by atoms with van der Waals surface area (Å²) < 4.78 is 1.83. The van der Waals surface area contributed by atoms with Crippen molar-refractivity contribution in [1.82, 2.24) is 5.32 Å². The van der Waals surface area contributed by atoms with Crippen molar-refractivity contribution in [2.75, 3.05) is 60.9 Å². The van der Waals surface area contributed by atoms with Crippen molar-refractivity contribution < 1.29 is 18.6 Å². The fourth-order valence-corrected chi connectivity index (χ4v) is 2.63. The average molecular weight is 366 g/mol. The Bertz CT molecular complexity index is 449. The largest absolute Gasteiger partial charge is 0.352 e. The fraction of sp³-hybridized carbons (Fsp3) is 0.619. The Morgan fingerprint density at radius 3 is 1.88 bits per heavy atom. The molecule has 0 aromatic heterocycles. The van der Waals surface area contributed by atoms with Crippen LogP contribution in [0, 0.1) is 0 Å². The number of carbonyl (C=O) groups excluding carboxylic acids is 2. The lowest BCUT2D eigenvalue weighted by molar-refractivity contribution is -0.887. The third kappa shape index (κ3) is 13.6. The second-order valence-electron chi connectivity index (χ2n) is 8.13. The Hall–Kier alpha value is -1.72. The normalized spacial score (nSPS) is 12.2. The molecule has 0 radical (unpaired) electrons. The van der Waals surface area contributed by atoms with Crippen LogP contribution in [0.25, 0.3) is 0 Å². The lowest BCUT2D eigenvalue weighted by atomic mass is 10.1. The first-order valence-electron chi connectivity index (χ1n) is 9.46. The minimum Gasteiger partial charge on any atom is -0.352 e. The molecule has 0 atom stereocenters. The van der Waals surface area contributed by atoms with Crippen LogP contribution in [0.3, 0.4) is 0 Å². The molecule has 0 rings (SSSR count). The van der Waals surface area contributed by atoms with E-state index in [9.17, 15) is 9.59 Å². The van der Waals surface area contributed by atoms with Crippen LogP contribution in [-0.2, 0) is 9.59 Å². The van der Waals surface area contributed by atoms with Gasteiger partial charge < -0.3 is 14.3 Å². The van der Waals surface area contributed by atoms with E-state index >= 15 is 0 Å². The molecule has 0 spiro atoms. The maximum Gasteiger partial charge on any atom is 0.243 e. The number of likely N-dealkylation sites (N-methyl/N-ethyl adjacent to an activating group) is 2. The molecule has 0 aromatic carbocycles. The number of rotatable bonds is 15. The summed E-state index contributed by atoms with van der Waals surface area (Å²) in [6.07, 6.45) is 10.8. The van der Waals surface area contributed by atoms with Gasteiger partial charge in [0, 0.05) is 19.4 Å². The van der Waals surface area contributed by atoms with E-state index in [0.717, 1.165) is 54.4 Å². The van der Waals surface area contributed by atoms with Gasteiger partial charge in [0.1, 0.15) is 0 Å². The second kappa shape index (κ2) is 12.6. The monoisotopic (exact) mass is 365 g/mol. The van der Waals surface area contributed by atoms with E-state index in [1.54, 1.807) is 0 Å². The summed E-state index contributed by atoms with van der Waals surface area (Å²) in [6.45, 7) is 11.7. The highest BCUT2D eigenvalue weighted by Crippen LogP contribution is 2.06. The van der Waals surface area contributed by atoms with Crippen LogP contribution in [-0.4, -0.2) is 81.6 Å². The molecule has 0 unspecified atom stereocenters. The molecule has 0 aliphatic rings. The van der Waals surface area contributed by atoms with Crippen molar-refractivity contribution >= 4 is 11.7 Å². The van der Waals surface area contributed by atoms with Crippen molar-refractivity contribution in [2.45, 2.75) is 25.7 Å². The van der Waals surface area contributed by atoms with Crippen LogP contribution >= 0.6 is 0 Å². The average Bonchev–Trinajstić information content (AvgIpc) is 2.59. The summed E-state index contributed by atoms with van der Waals surface area (Å²) in [6, 6.07) is 0. The van der Waals surface area contributed by atoms with E-state index in [0.29, 0.717) is 13.0 Å². The van der Waals surface area contributed by atoms with Crippen LogP contribution in [0.15, 0.2) is 37.5 Å². The minimum atomic E-state index is -0.107. The van der Waals surface area contributed by atoms with Gasteiger partial charge in [-0.1, -0.05) is 13.2 Å². The molecule has 5 nitrogen and oxygen atoms in total. The van der Waals surface area contributed by atoms with Gasteiger partial charge in [-0.15, -0.1) is 0 Å². The first-order valence-corrected chi connectivity index (χ1v) is 9.46. The maximum atomic E-state index is 11.2. The molecule has 148 valence electrons. The minimum absolute atomic E-state index is 0.107. The predicted molar refractivity (Wildman–Crippen MR) is 110 cm³/mol. The Morgan fingerprint density at radius 1 is 0.846 bits per heavy atom. The first kappa shape index (κ1) is 24.3.